The molecule has 0 unspecified atom stereocenters. The van der Waals surface area contributed by atoms with Gasteiger partial charge in [0.25, 0.3) is 5.56 Å². The number of rotatable bonds is 6. The van der Waals surface area contributed by atoms with E-state index in [9.17, 15) is 14.4 Å². The van der Waals surface area contributed by atoms with Crippen LogP contribution in [0.2, 0.25) is 18.1 Å². The van der Waals surface area contributed by atoms with Crippen LogP contribution in [-0.2, 0) is 14.0 Å². The molecule has 0 aromatic carbocycles. The lowest BCUT2D eigenvalue weighted by Gasteiger charge is -2.39. The molecule has 1 aliphatic rings. The van der Waals surface area contributed by atoms with Gasteiger partial charge in [-0.15, -0.1) is 0 Å². The van der Waals surface area contributed by atoms with Gasteiger partial charge in [-0.05, 0) is 25.1 Å². The van der Waals surface area contributed by atoms with Gasteiger partial charge in [0.05, 0.1) is 6.10 Å². The predicted octanol–water partition coefficient (Wildman–Crippen LogP) is 1.27. The number of nitrogens with zero attached hydrogens (tertiary/aromatic N) is 1. The number of hydrogen-bond donors (Lipinski definition) is 2. The molecule has 0 saturated carbocycles. The zero-order chi connectivity index (χ0) is 19.7. The molecule has 3 atom stereocenters. The number of H-pyrrole nitrogens is 1. The third-order valence-electron chi connectivity index (χ3n) is 5.29. The standard InChI is InChI=1S/C17H29N3O5Si/c1-11-9-20(16(23)19-15(11)22)14-7-12(13(24-14)8-18-10-21)25-26(5,6)17(2,3)4/h9-10,12-14H,7-8H2,1-6H3,(H,18,21)(H,19,22,23)/t12-,13+,14+/m0/s1. The Labute approximate surface area is 154 Å². The number of aryl methyl sites for hydroxylation is 1. The maximum Gasteiger partial charge on any atom is 0.330 e. The second-order valence-corrected chi connectivity index (χ2v) is 13.0. The first kappa shape index (κ1) is 20.6. The largest absolute Gasteiger partial charge is 0.411 e. The second kappa shape index (κ2) is 7.49. The molecule has 2 rings (SSSR count). The lowest BCUT2D eigenvalue weighted by molar-refractivity contribution is -0.110. The molecule has 1 aromatic heterocycles. The number of hydrogen-bond acceptors (Lipinski definition) is 5. The summed E-state index contributed by atoms with van der Waals surface area (Å²) in [6, 6.07) is 0. The van der Waals surface area contributed by atoms with Crippen molar-refractivity contribution < 1.29 is 14.0 Å². The van der Waals surface area contributed by atoms with Crippen LogP contribution < -0.4 is 16.6 Å². The fourth-order valence-electron chi connectivity index (χ4n) is 2.70. The Morgan fingerprint density at radius 1 is 1.42 bits per heavy atom. The van der Waals surface area contributed by atoms with Gasteiger partial charge in [-0.25, -0.2) is 4.79 Å². The van der Waals surface area contributed by atoms with Crippen molar-refractivity contribution in [2.75, 3.05) is 6.54 Å². The van der Waals surface area contributed by atoms with E-state index in [4.69, 9.17) is 9.16 Å². The van der Waals surface area contributed by atoms with Crippen LogP contribution in [0.25, 0.3) is 0 Å². The molecule has 146 valence electrons. The molecule has 1 aromatic rings. The SMILES string of the molecule is Cc1cn([C@H]2C[C@H](O[Si](C)(C)C(C)(C)C)[C@@H](CNC=O)O2)c(=O)[nH]c1=O. The zero-order valence-corrected chi connectivity index (χ0v) is 17.3. The molecule has 1 saturated heterocycles. The fraction of sp³-hybridized carbons (Fsp3) is 0.706. The second-order valence-electron chi connectivity index (χ2n) is 8.29. The number of aromatic amines is 1. The predicted molar refractivity (Wildman–Crippen MR) is 101 cm³/mol. The number of carbonyl (C=O) groups excluding carboxylic acids is 1. The van der Waals surface area contributed by atoms with Crippen LogP contribution in [0.4, 0.5) is 0 Å². The molecule has 2 N–H and O–H groups in total. The minimum Gasteiger partial charge on any atom is -0.411 e. The first-order chi connectivity index (χ1) is 12.0. The van der Waals surface area contributed by atoms with Crippen molar-refractivity contribution >= 4 is 14.7 Å². The highest BCUT2D eigenvalue weighted by Gasteiger charge is 2.45. The van der Waals surface area contributed by atoms with Crippen molar-refractivity contribution in [3.8, 4) is 0 Å². The van der Waals surface area contributed by atoms with Crippen LogP contribution in [0.15, 0.2) is 15.8 Å². The minimum atomic E-state index is -2.06. The van der Waals surface area contributed by atoms with Crippen molar-refractivity contribution in [3.63, 3.8) is 0 Å². The van der Waals surface area contributed by atoms with E-state index in [2.05, 4.69) is 44.2 Å². The average Bonchev–Trinajstić information content (AvgIpc) is 2.89. The van der Waals surface area contributed by atoms with E-state index in [0.29, 0.717) is 24.9 Å². The summed E-state index contributed by atoms with van der Waals surface area (Å²) >= 11 is 0. The van der Waals surface area contributed by atoms with E-state index in [1.807, 2.05) is 0 Å². The number of amides is 1. The number of carbonyl (C=O) groups is 1. The van der Waals surface area contributed by atoms with Gasteiger partial charge in [0.15, 0.2) is 8.32 Å². The molecule has 2 heterocycles. The van der Waals surface area contributed by atoms with Crippen LogP contribution in [0, 0.1) is 6.92 Å². The van der Waals surface area contributed by atoms with E-state index in [1.54, 1.807) is 6.92 Å². The molecule has 26 heavy (non-hydrogen) atoms. The summed E-state index contributed by atoms with van der Waals surface area (Å²) in [6.45, 7) is 12.7. The lowest BCUT2D eigenvalue weighted by atomic mass is 10.2. The highest BCUT2D eigenvalue weighted by Crippen LogP contribution is 2.40. The van der Waals surface area contributed by atoms with Gasteiger partial charge in [0, 0.05) is 24.7 Å². The summed E-state index contributed by atoms with van der Waals surface area (Å²) in [5.41, 5.74) is -0.484. The molecule has 0 spiro atoms. The molecular weight excluding hydrogens is 354 g/mol. The van der Waals surface area contributed by atoms with Crippen molar-refractivity contribution in [1.82, 2.24) is 14.9 Å². The van der Waals surface area contributed by atoms with Crippen molar-refractivity contribution in [3.05, 3.63) is 32.6 Å². The Morgan fingerprint density at radius 3 is 2.65 bits per heavy atom. The third-order valence-corrected chi connectivity index (χ3v) is 9.80. The lowest BCUT2D eigenvalue weighted by Crippen LogP contribution is -2.47. The zero-order valence-electron chi connectivity index (χ0n) is 16.3. The van der Waals surface area contributed by atoms with Gasteiger partial charge in [-0.2, -0.15) is 0 Å². The number of aromatic nitrogens is 2. The first-order valence-electron chi connectivity index (χ1n) is 8.78. The van der Waals surface area contributed by atoms with Crippen LogP contribution >= 0.6 is 0 Å². The first-order valence-corrected chi connectivity index (χ1v) is 11.7. The summed E-state index contributed by atoms with van der Waals surface area (Å²) in [6.07, 6.45) is 1.45. The number of ether oxygens (including phenoxy) is 1. The van der Waals surface area contributed by atoms with E-state index in [-0.39, 0.29) is 17.2 Å². The van der Waals surface area contributed by atoms with Gasteiger partial charge in [0.1, 0.15) is 12.3 Å². The molecule has 0 bridgehead atoms. The number of nitrogens with one attached hydrogen (secondary N) is 2. The molecule has 1 aliphatic heterocycles. The summed E-state index contributed by atoms with van der Waals surface area (Å²) in [4.78, 5) is 36.8. The van der Waals surface area contributed by atoms with Crippen LogP contribution in [0.3, 0.4) is 0 Å². The topological polar surface area (TPSA) is 102 Å². The maximum absolute atomic E-state index is 12.2. The van der Waals surface area contributed by atoms with E-state index >= 15 is 0 Å². The van der Waals surface area contributed by atoms with Crippen LogP contribution in [0.5, 0.6) is 0 Å². The van der Waals surface area contributed by atoms with Crippen LogP contribution in [0.1, 0.15) is 39.0 Å². The van der Waals surface area contributed by atoms with Gasteiger partial charge < -0.3 is 14.5 Å². The van der Waals surface area contributed by atoms with Crippen molar-refractivity contribution in [2.24, 2.45) is 0 Å². The Balaban J connectivity index is 2.28. The Morgan fingerprint density at radius 2 is 2.08 bits per heavy atom. The molecule has 1 fully saturated rings. The van der Waals surface area contributed by atoms with Gasteiger partial charge >= 0.3 is 5.69 Å². The molecule has 1 amide bonds. The monoisotopic (exact) mass is 383 g/mol. The molecule has 9 heteroatoms. The average molecular weight is 384 g/mol. The fourth-order valence-corrected chi connectivity index (χ4v) is 4.06. The molecular formula is C17H29N3O5Si. The third kappa shape index (κ3) is 4.33. The van der Waals surface area contributed by atoms with Gasteiger partial charge in [-0.1, -0.05) is 20.8 Å². The van der Waals surface area contributed by atoms with E-state index < -0.39 is 25.8 Å². The molecule has 0 aliphatic carbocycles. The smallest absolute Gasteiger partial charge is 0.330 e. The van der Waals surface area contributed by atoms with Crippen LogP contribution in [-0.4, -0.2) is 43.0 Å². The van der Waals surface area contributed by atoms with Crippen molar-refractivity contribution in [1.29, 1.82) is 0 Å². The highest BCUT2D eigenvalue weighted by atomic mass is 28.4. The van der Waals surface area contributed by atoms with E-state index in [0.717, 1.165) is 0 Å². The van der Waals surface area contributed by atoms with Gasteiger partial charge in [0.2, 0.25) is 6.41 Å². The van der Waals surface area contributed by atoms with E-state index in [1.165, 1.54) is 10.8 Å². The normalized spacial score (nSPS) is 23.8. The Kier molecular flexibility index (Phi) is 5.94. The summed E-state index contributed by atoms with van der Waals surface area (Å²) in [5.74, 6) is 0. The Hall–Kier alpha value is -1.71. The maximum atomic E-state index is 12.2. The highest BCUT2D eigenvalue weighted by molar-refractivity contribution is 6.74. The Bertz CT molecular complexity index is 765. The summed E-state index contributed by atoms with van der Waals surface area (Å²) in [5, 5.41) is 2.66. The quantitative estimate of drug-likeness (QED) is 0.569. The summed E-state index contributed by atoms with van der Waals surface area (Å²) in [7, 11) is -2.06. The minimum absolute atomic E-state index is 0.0269. The summed E-state index contributed by atoms with van der Waals surface area (Å²) < 4.78 is 13.9. The molecule has 0 radical (unpaired) electrons. The molecule has 8 nitrogen and oxygen atoms in total. The van der Waals surface area contributed by atoms with Gasteiger partial charge in [-0.3, -0.25) is 19.1 Å². The van der Waals surface area contributed by atoms with Crippen molar-refractivity contribution in [2.45, 2.75) is 70.7 Å².